The van der Waals surface area contributed by atoms with Gasteiger partial charge in [0.1, 0.15) is 0 Å². The molecule has 0 saturated heterocycles. The Morgan fingerprint density at radius 1 is 1.37 bits per heavy atom. The Morgan fingerprint density at radius 2 is 2.16 bits per heavy atom. The van der Waals surface area contributed by atoms with E-state index in [0.29, 0.717) is 11.4 Å². The van der Waals surface area contributed by atoms with E-state index in [1.807, 2.05) is 25.1 Å². The van der Waals surface area contributed by atoms with E-state index >= 15 is 0 Å². The number of nitrogens with zero attached hydrogens (tertiary/aromatic N) is 1. The van der Waals surface area contributed by atoms with Crippen LogP contribution in [0.25, 0.3) is 0 Å². The van der Waals surface area contributed by atoms with Gasteiger partial charge in [0.25, 0.3) is 0 Å². The minimum Gasteiger partial charge on any atom is -0.397 e. The second kappa shape index (κ2) is 6.01. The van der Waals surface area contributed by atoms with Crippen LogP contribution in [0.5, 0.6) is 0 Å². The Kier molecular flexibility index (Phi) is 4.36. The van der Waals surface area contributed by atoms with Crippen molar-refractivity contribution in [2.75, 3.05) is 11.1 Å². The Bertz CT molecular complexity index is 596. The highest BCUT2D eigenvalue weighted by Crippen LogP contribution is 2.17. The average Bonchev–Trinajstić information content (AvgIpc) is 2.36. The van der Waals surface area contributed by atoms with E-state index in [9.17, 15) is 4.79 Å². The fourth-order valence-corrected chi connectivity index (χ4v) is 2.31. The van der Waals surface area contributed by atoms with E-state index in [4.69, 9.17) is 5.73 Å². The maximum absolute atomic E-state index is 11.9. The molecule has 0 bridgehead atoms. The van der Waals surface area contributed by atoms with Crippen LogP contribution in [0.2, 0.25) is 0 Å². The zero-order chi connectivity index (χ0) is 13.8. The molecule has 1 aromatic heterocycles. The molecule has 98 valence electrons. The van der Waals surface area contributed by atoms with E-state index in [-0.39, 0.29) is 12.3 Å². The van der Waals surface area contributed by atoms with Crippen LogP contribution in [0.3, 0.4) is 0 Å². The molecule has 0 saturated carbocycles. The summed E-state index contributed by atoms with van der Waals surface area (Å²) in [4.78, 5) is 16.0. The van der Waals surface area contributed by atoms with Crippen LogP contribution in [-0.2, 0) is 11.2 Å². The van der Waals surface area contributed by atoms with Crippen LogP contribution in [0.15, 0.2) is 36.5 Å². The number of rotatable bonds is 3. The lowest BCUT2D eigenvalue weighted by Gasteiger charge is -2.08. The highest BCUT2D eigenvalue weighted by molar-refractivity contribution is 14.1. The van der Waals surface area contributed by atoms with Crippen molar-refractivity contribution in [1.82, 2.24) is 4.98 Å². The number of aryl methyl sites for hydroxylation is 1. The molecule has 0 aliphatic heterocycles. The van der Waals surface area contributed by atoms with Crippen molar-refractivity contribution >= 4 is 39.9 Å². The van der Waals surface area contributed by atoms with Gasteiger partial charge in [-0.2, -0.15) is 0 Å². The Hall–Kier alpha value is -1.63. The minimum atomic E-state index is -0.0819. The normalized spacial score (nSPS) is 10.2. The summed E-state index contributed by atoms with van der Waals surface area (Å²) >= 11 is 2.24. The molecule has 0 atom stereocenters. The van der Waals surface area contributed by atoms with Gasteiger partial charge in [-0.3, -0.25) is 9.78 Å². The van der Waals surface area contributed by atoms with Crippen LogP contribution in [0.1, 0.15) is 11.3 Å². The molecule has 2 aromatic rings. The zero-order valence-electron chi connectivity index (χ0n) is 10.5. The van der Waals surface area contributed by atoms with Crippen LogP contribution in [0, 0.1) is 10.5 Å². The van der Waals surface area contributed by atoms with Crippen LogP contribution >= 0.6 is 22.6 Å². The number of nitrogen functional groups attached to an aromatic ring is 1. The summed E-state index contributed by atoms with van der Waals surface area (Å²) in [6.45, 7) is 1.97. The smallest absolute Gasteiger partial charge is 0.230 e. The van der Waals surface area contributed by atoms with Gasteiger partial charge in [0.05, 0.1) is 18.3 Å². The standard InChI is InChI=1S/C14H14IN3O/c1-9-6-10(15)2-5-13(9)18-14(19)7-12-4-3-11(16)8-17-12/h2-6,8H,7,16H2,1H3,(H,18,19). The minimum absolute atomic E-state index is 0.0819. The molecule has 4 nitrogen and oxygen atoms in total. The first kappa shape index (κ1) is 13.8. The van der Waals surface area contributed by atoms with Gasteiger partial charge in [-0.05, 0) is 65.4 Å². The van der Waals surface area contributed by atoms with Crippen LogP contribution in [0.4, 0.5) is 11.4 Å². The molecule has 3 N–H and O–H groups in total. The Morgan fingerprint density at radius 3 is 2.79 bits per heavy atom. The van der Waals surface area contributed by atoms with Gasteiger partial charge >= 0.3 is 0 Å². The van der Waals surface area contributed by atoms with Crippen LogP contribution < -0.4 is 11.1 Å². The van der Waals surface area contributed by atoms with E-state index in [1.54, 1.807) is 18.3 Å². The molecule has 0 aliphatic carbocycles. The number of anilines is 2. The van der Waals surface area contributed by atoms with Crippen LogP contribution in [-0.4, -0.2) is 10.9 Å². The predicted octanol–water partition coefficient (Wildman–Crippen LogP) is 2.76. The van der Waals surface area contributed by atoms with E-state index in [0.717, 1.165) is 14.8 Å². The third-order valence-corrected chi connectivity index (χ3v) is 3.32. The fourth-order valence-electron chi connectivity index (χ4n) is 1.67. The summed E-state index contributed by atoms with van der Waals surface area (Å²) in [6.07, 6.45) is 1.80. The van der Waals surface area contributed by atoms with Crippen molar-refractivity contribution in [1.29, 1.82) is 0 Å². The van der Waals surface area contributed by atoms with Gasteiger partial charge in [0, 0.05) is 15.0 Å². The molecule has 0 unspecified atom stereocenters. The quantitative estimate of drug-likeness (QED) is 0.820. The van der Waals surface area contributed by atoms with Gasteiger partial charge in [0.15, 0.2) is 0 Å². The van der Waals surface area contributed by atoms with E-state index in [2.05, 4.69) is 32.9 Å². The predicted molar refractivity (Wildman–Crippen MR) is 84.9 cm³/mol. The summed E-state index contributed by atoms with van der Waals surface area (Å²) in [5, 5.41) is 2.89. The summed E-state index contributed by atoms with van der Waals surface area (Å²) < 4.78 is 1.15. The first-order valence-electron chi connectivity index (χ1n) is 5.81. The molecule has 1 aromatic carbocycles. The number of nitrogens with two attached hydrogens (primary N) is 1. The average molecular weight is 367 g/mol. The van der Waals surface area contributed by atoms with Crippen molar-refractivity contribution in [3.63, 3.8) is 0 Å². The molecular formula is C14H14IN3O. The molecule has 1 amide bonds. The Balaban J connectivity index is 2.03. The van der Waals surface area contributed by atoms with Gasteiger partial charge in [-0.25, -0.2) is 0 Å². The second-order valence-corrected chi connectivity index (χ2v) is 5.51. The summed E-state index contributed by atoms with van der Waals surface area (Å²) in [5.74, 6) is -0.0819. The molecule has 0 aliphatic rings. The second-order valence-electron chi connectivity index (χ2n) is 4.27. The topological polar surface area (TPSA) is 68.0 Å². The van der Waals surface area contributed by atoms with Gasteiger partial charge in [-0.15, -0.1) is 0 Å². The number of benzene rings is 1. The number of nitrogens with one attached hydrogen (secondary N) is 1. The molecule has 0 spiro atoms. The molecule has 19 heavy (non-hydrogen) atoms. The third-order valence-electron chi connectivity index (χ3n) is 2.65. The van der Waals surface area contributed by atoms with Crippen molar-refractivity contribution in [2.45, 2.75) is 13.3 Å². The SMILES string of the molecule is Cc1cc(I)ccc1NC(=O)Cc1ccc(N)cn1. The lowest BCUT2D eigenvalue weighted by atomic mass is 10.2. The van der Waals surface area contributed by atoms with Crippen molar-refractivity contribution in [2.24, 2.45) is 0 Å². The summed E-state index contributed by atoms with van der Waals surface area (Å²) in [5.41, 5.74) is 8.73. The van der Waals surface area contributed by atoms with E-state index < -0.39 is 0 Å². The van der Waals surface area contributed by atoms with Crippen molar-refractivity contribution in [3.05, 3.63) is 51.4 Å². The lowest BCUT2D eigenvalue weighted by Crippen LogP contribution is -2.15. The highest BCUT2D eigenvalue weighted by Gasteiger charge is 2.07. The third kappa shape index (κ3) is 3.92. The summed E-state index contributed by atoms with van der Waals surface area (Å²) in [7, 11) is 0. The highest BCUT2D eigenvalue weighted by atomic mass is 127. The maximum atomic E-state index is 11.9. The molecule has 0 fully saturated rings. The number of amides is 1. The molecule has 2 rings (SSSR count). The van der Waals surface area contributed by atoms with Gasteiger partial charge in [0.2, 0.25) is 5.91 Å². The number of hydrogen-bond acceptors (Lipinski definition) is 3. The molecule has 5 heteroatoms. The molecule has 1 heterocycles. The Labute approximate surface area is 125 Å². The monoisotopic (exact) mass is 367 g/mol. The first-order chi connectivity index (χ1) is 9.04. The van der Waals surface area contributed by atoms with Crippen molar-refractivity contribution in [3.8, 4) is 0 Å². The zero-order valence-corrected chi connectivity index (χ0v) is 12.6. The number of carbonyl (C=O) groups is 1. The largest absolute Gasteiger partial charge is 0.397 e. The first-order valence-corrected chi connectivity index (χ1v) is 6.89. The number of pyridine rings is 1. The van der Waals surface area contributed by atoms with Gasteiger partial charge in [-0.1, -0.05) is 0 Å². The maximum Gasteiger partial charge on any atom is 0.230 e. The number of carbonyl (C=O) groups excluding carboxylic acids is 1. The van der Waals surface area contributed by atoms with Gasteiger partial charge < -0.3 is 11.1 Å². The lowest BCUT2D eigenvalue weighted by molar-refractivity contribution is -0.115. The number of aromatic nitrogens is 1. The fraction of sp³-hybridized carbons (Fsp3) is 0.143. The summed E-state index contributed by atoms with van der Waals surface area (Å²) in [6, 6.07) is 9.40. The number of halogens is 1. The molecular weight excluding hydrogens is 353 g/mol. The number of hydrogen-bond donors (Lipinski definition) is 2. The molecule has 0 radical (unpaired) electrons. The van der Waals surface area contributed by atoms with Crippen molar-refractivity contribution < 1.29 is 4.79 Å². The van der Waals surface area contributed by atoms with E-state index in [1.165, 1.54) is 0 Å².